The molecule has 1 heterocycles. The molecule has 5 nitrogen and oxygen atoms in total. The van der Waals surface area contributed by atoms with Gasteiger partial charge in [0.25, 0.3) is 0 Å². The Hall–Kier alpha value is -1.47. The van der Waals surface area contributed by atoms with Gasteiger partial charge in [-0.2, -0.15) is 0 Å². The summed E-state index contributed by atoms with van der Waals surface area (Å²) in [5.74, 6) is -1.78. The number of aliphatic hydroxyl groups excluding tert-OH is 3. The van der Waals surface area contributed by atoms with Crippen LogP contribution in [-0.4, -0.2) is 52.1 Å². The van der Waals surface area contributed by atoms with E-state index in [4.69, 9.17) is 21.1 Å². The summed E-state index contributed by atoms with van der Waals surface area (Å²) < 4.78 is 11.9. The Morgan fingerprint density at radius 2 is 1.65 bits per heavy atom. The number of hydrogen-bond acceptors (Lipinski definition) is 5. The number of fused-ring (bicyclic) bond motifs is 1. The maximum atomic E-state index is 10.9. The standard InChI is InChI=1S/C25H31ClO5/c1-4-14-5-7-15(8-6-14)11-17-12-16(9-10-19(17)26)20-22(28)23(29)21(27)18-13-30-25(2,3)31-24(18)20/h5-10,12,18,20-24,27-29H,4,11,13H2,1-3H3. The Morgan fingerprint density at radius 1 is 0.968 bits per heavy atom. The van der Waals surface area contributed by atoms with Gasteiger partial charge < -0.3 is 24.8 Å². The first-order valence-electron chi connectivity index (χ1n) is 10.9. The molecule has 6 unspecified atom stereocenters. The molecule has 6 heteroatoms. The number of aliphatic hydroxyl groups is 3. The first-order valence-corrected chi connectivity index (χ1v) is 11.3. The molecular weight excluding hydrogens is 416 g/mol. The van der Waals surface area contributed by atoms with Crippen molar-refractivity contribution >= 4 is 11.6 Å². The average molecular weight is 447 g/mol. The van der Waals surface area contributed by atoms with E-state index in [0.717, 1.165) is 23.1 Å². The molecule has 2 aromatic rings. The van der Waals surface area contributed by atoms with Crippen molar-refractivity contribution in [2.45, 2.75) is 69.7 Å². The number of benzene rings is 2. The van der Waals surface area contributed by atoms with Crippen LogP contribution in [0.3, 0.4) is 0 Å². The summed E-state index contributed by atoms with van der Waals surface area (Å²) in [7, 11) is 0. The molecule has 4 rings (SSSR count). The molecule has 1 saturated heterocycles. The van der Waals surface area contributed by atoms with Crippen LogP contribution in [0.2, 0.25) is 5.02 Å². The molecule has 0 spiro atoms. The minimum atomic E-state index is -1.28. The molecule has 0 bridgehead atoms. The number of halogens is 1. The molecule has 1 saturated carbocycles. The van der Waals surface area contributed by atoms with Crippen molar-refractivity contribution in [1.29, 1.82) is 0 Å². The quantitative estimate of drug-likeness (QED) is 0.670. The maximum absolute atomic E-state index is 10.9. The Bertz CT molecular complexity index is 913. The smallest absolute Gasteiger partial charge is 0.163 e. The summed E-state index contributed by atoms with van der Waals surface area (Å²) in [5, 5.41) is 32.6. The fraction of sp³-hybridized carbons (Fsp3) is 0.520. The molecule has 0 amide bonds. The van der Waals surface area contributed by atoms with Gasteiger partial charge in [0.1, 0.15) is 6.10 Å². The number of hydrogen-bond donors (Lipinski definition) is 3. The fourth-order valence-electron chi connectivity index (χ4n) is 4.77. The molecule has 1 aliphatic carbocycles. The number of ether oxygens (including phenoxy) is 2. The molecule has 0 radical (unpaired) electrons. The van der Waals surface area contributed by atoms with Gasteiger partial charge >= 0.3 is 0 Å². The van der Waals surface area contributed by atoms with E-state index in [2.05, 4.69) is 31.2 Å². The lowest BCUT2D eigenvalue weighted by Gasteiger charge is -2.52. The molecule has 2 aliphatic rings. The lowest BCUT2D eigenvalue weighted by Crippen LogP contribution is -2.63. The second-order valence-electron chi connectivity index (χ2n) is 9.15. The SMILES string of the molecule is CCc1ccc(Cc2cc(C3C(O)C(O)C(O)C4COC(C)(C)OC43)ccc2Cl)cc1. The van der Waals surface area contributed by atoms with Crippen molar-refractivity contribution in [1.82, 2.24) is 0 Å². The Labute approximate surface area is 188 Å². The topological polar surface area (TPSA) is 79.2 Å². The van der Waals surface area contributed by atoms with Crippen LogP contribution in [0.25, 0.3) is 0 Å². The third-order valence-corrected chi connectivity index (χ3v) is 6.97. The van der Waals surface area contributed by atoms with Crippen molar-refractivity contribution in [2.24, 2.45) is 5.92 Å². The maximum Gasteiger partial charge on any atom is 0.163 e. The zero-order valence-electron chi connectivity index (χ0n) is 18.2. The van der Waals surface area contributed by atoms with Crippen LogP contribution in [0.4, 0.5) is 0 Å². The van der Waals surface area contributed by atoms with Crippen LogP contribution >= 0.6 is 11.6 Å². The van der Waals surface area contributed by atoms with Gasteiger partial charge in [0, 0.05) is 16.9 Å². The van der Waals surface area contributed by atoms with Crippen LogP contribution in [0.5, 0.6) is 0 Å². The molecule has 2 aromatic carbocycles. The number of aryl methyl sites for hydroxylation is 1. The van der Waals surface area contributed by atoms with Gasteiger partial charge in [0.05, 0.1) is 24.9 Å². The molecule has 6 atom stereocenters. The summed E-state index contributed by atoms with van der Waals surface area (Å²) >= 11 is 6.51. The van der Waals surface area contributed by atoms with Crippen molar-refractivity contribution in [3.05, 3.63) is 69.7 Å². The summed E-state index contributed by atoms with van der Waals surface area (Å²) in [6.07, 6.45) is -2.39. The molecule has 168 valence electrons. The van der Waals surface area contributed by atoms with Gasteiger partial charge in [-0.25, -0.2) is 0 Å². The highest BCUT2D eigenvalue weighted by atomic mass is 35.5. The van der Waals surface area contributed by atoms with E-state index in [0.29, 0.717) is 11.4 Å². The molecular formula is C25H31ClO5. The van der Waals surface area contributed by atoms with Gasteiger partial charge in [-0.3, -0.25) is 0 Å². The third-order valence-electron chi connectivity index (χ3n) is 6.61. The molecule has 2 fully saturated rings. The van der Waals surface area contributed by atoms with Crippen molar-refractivity contribution in [3.8, 4) is 0 Å². The normalized spacial score (nSPS) is 32.5. The van der Waals surface area contributed by atoms with E-state index in [9.17, 15) is 15.3 Å². The lowest BCUT2D eigenvalue weighted by atomic mass is 9.70. The van der Waals surface area contributed by atoms with E-state index < -0.39 is 42.0 Å². The molecule has 1 aliphatic heterocycles. The number of rotatable bonds is 4. The highest BCUT2D eigenvalue weighted by Crippen LogP contribution is 2.44. The Balaban J connectivity index is 1.67. The lowest BCUT2D eigenvalue weighted by molar-refractivity contribution is -0.329. The van der Waals surface area contributed by atoms with E-state index in [-0.39, 0.29) is 6.61 Å². The third kappa shape index (κ3) is 4.54. The first kappa shape index (κ1) is 22.7. The van der Waals surface area contributed by atoms with Gasteiger partial charge in [-0.05, 0) is 55.0 Å². The predicted molar refractivity (Wildman–Crippen MR) is 119 cm³/mol. The highest BCUT2D eigenvalue weighted by Gasteiger charge is 2.54. The van der Waals surface area contributed by atoms with Crippen molar-refractivity contribution < 1.29 is 24.8 Å². The van der Waals surface area contributed by atoms with Gasteiger partial charge in [-0.15, -0.1) is 0 Å². The van der Waals surface area contributed by atoms with Gasteiger partial charge in [0.15, 0.2) is 5.79 Å². The summed E-state index contributed by atoms with van der Waals surface area (Å²) in [4.78, 5) is 0. The zero-order valence-corrected chi connectivity index (χ0v) is 18.9. The Morgan fingerprint density at radius 3 is 2.32 bits per heavy atom. The van der Waals surface area contributed by atoms with Crippen LogP contribution in [0, 0.1) is 5.92 Å². The molecule has 3 N–H and O–H groups in total. The minimum absolute atomic E-state index is 0.253. The molecule has 0 aromatic heterocycles. The largest absolute Gasteiger partial charge is 0.390 e. The van der Waals surface area contributed by atoms with E-state index in [1.165, 1.54) is 5.56 Å². The Kier molecular flexibility index (Phi) is 6.46. The van der Waals surface area contributed by atoms with Crippen LogP contribution in [0.1, 0.15) is 48.9 Å². The van der Waals surface area contributed by atoms with Crippen LogP contribution < -0.4 is 0 Å². The van der Waals surface area contributed by atoms with E-state index in [1.807, 2.05) is 32.0 Å². The summed E-state index contributed by atoms with van der Waals surface area (Å²) in [6, 6.07) is 14.1. The highest BCUT2D eigenvalue weighted by molar-refractivity contribution is 6.31. The fourth-order valence-corrected chi connectivity index (χ4v) is 4.96. The van der Waals surface area contributed by atoms with Gasteiger partial charge in [0.2, 0.25) is 0 Å². The monoisotopic (exact) mass is 446 g/mol. The van der Waals surface area contributed by atoms with E-state index >= 15 is 0 Å². The van der Waals surface area contributed by atoms with Crippen molar-refractivity contribution in [2.75, 3.05) is 6.61 Å². The summed E-state index contributed by atoms with van der Waals surface area (Å²) in [6.45, 7) is 6.01. The second kappa shape index (κ2) is 8.81. The second-order valence-corrected chi connectivity index (χ2v) is 9.56. The minimum Gasteiger partial charge on any atom is -0.390 e. The first-order chi connectivity index (χ1) is 14.7. The zero-order chi connectivity index (χ0) is 22.3. The van der Waals surface area contributed by atoms with E-state index in [1.54, 1.807) is 0 Å². The van der Waals surface area contributed by atoms with Crippen LogP contribution in [-0.2, 0) is 22.3 Å². The van der Waals surface area contributed by atoms with Crippen molar-refractivity contribution in [3.63, 3.8) is 0 Å². The van der Waals surface area contributed by atoms with Gasteiger partial charge in [-0.1, -0.05) is 54.9 Å². The van der Waals surface area contributed by atoms with Crippen LogP contribution in [0.15, 0.2) is 42.5 Å². The average Bonchev–Trinajstić information content (AvgIpc) is 2.74. The summed E-state index contributed by atoms with van der Waals surface area (Å²) in [5.41, 5.74) is 4.21. The predicted octanol–water partition coefficient (Wildman–Crippen LogP) is 3.44. The molecule has 31 heavy (non-hydrogen) atoms.